The number of aromatic nitrogens is 2. The highest BCUT2D eigenvalue weighted by atomic mass is 35.5. The lowest BCUT2D eigenvalue weighted by atomic mass is 10.1. The monoisotopic (exact) mass is 479 g/mol. The predicted molar refractivity (Wildman–Crippen MR) is 131 cm³/mol. The number of amides is 1. The van der Waals surface area contributed by atoms with Gasteiger partial charge in [0, 0.05) is 35.5 Å². The third-order valence-electron chi connectivity index (χ3n) is 6.14. The Balaban J connectivity index is 1.44. The first-order valence-corrected chi connectivity index (χ1v) is 11.6. The summed E-state index contributed by atoms with van der Waals surface area (Å²) in [4.78, 5) is 19.7. The van der Waals surface area contributed by atoms with E-state index in [1.807, 2.05) is 59.5 Å². The van der Waals surface area contributed by atoms with Crippen molar-refractivity contribution in [2.45, 2.75) is 25.4 Å². The Hall–Kier alpha value is -3.02. The van der Waals surface area contributed by atoms with Crippen molar-refractivity contribution in [3.8, 4) is 5.75 Å². The van der Waals surface area contributed by atoms with E-state index in [1.165, 1.54) is 0 Å². The number of halogens is 2. The van der Waals surface area contributed by atoms with E-state index in [2.05, 4.69) is 10.6 Å². The molecule has 0 N–H and O–H groups in total. The molecule has 33 heavy (non-hydrogen) atoms. The standard InChI is InChI=1S/C26H23Cl2N3O2/c1-33-21-10-6-17(7-11-21)14-30-15-19(12-25(30)32)26-29-23-4-2-3-5-24(23)31(26)16-18-8-9-20(27)13-22(18)28/h2-11,13,19H,12,14-16H2,1H3/t19-/m0/s1. The highest BCUT2D eigenvalue weighted by Crippen LogP contribution is 2.33. The van der Waals surface area contributed by atoms with Gasteiger partial charge >= 0.3 is 0 Å². The Labute approximate surface area is 202 Å². The molecule has 1 atom stereocenters. The van der Waals surface area contributed by atoms with Gasteiger partial charge in [-0.15, -0.1) is 0 Å². The van der Waals surface area contributed by atoms with Crippen LogP contribution in [0.1, 0.15) is 29.3 Å². The highest BCUT2D eigenvalue weighted by Gasteiger charge is 2.34. The van der Waals surface area contributed by atoms with Crippen LogP contribution in [-0.4, -0.2) is 34.0 Å². The van der Waals surface area contributed by atoms with Crippen molar-refractivity contribution in [2.24, 2.45) is 0 Å². The summed E-state index contributed by atoms with van der Waals surface area (Å²) in [5, 5.41) is 1.23. The summed E-state index contributed by atoms with van der Waals surface area (Å²) in [6.45, 7) is 1.76. The number of fused-ring (bicyclic) bond motifs is 1. The topological polar surface area (TPSA) is 47.4 Å². The van der Waals surface area contributed by atoms with Crippen LogP contribution in [0.2, 0.25) is 10.0 Å². The Kier molecular flexibility index (Phi) is 6.00. The van der Waals surface area contributed by atoms with E-state index < -0.39 is 0 Å². The van der Waals surface area contributed by atoms with E-state index in [-0.39, 0.29) is 11.8 Å². The number of likely N-dealkylation sites (tertiary alicyclic amines) is 1. The number of carbonyl (C=O) groups is 1. The van der Waals surface area contributed by atoms with Crippen LogP contribution in [0, 0.1) is 0 Å². The second-order valence-corrected chi connectivity index (χ2v) is 9.15. The van der Waals surface area contributed by atoms with Crippen molar-refractivity contribution < 1.29 is 9.53 Å². The molecule has 7 heteroatoms. The molecular formula is C26H23Cl2N3O2. The van der Waals surface area contributed by atoms with E-state index in [1.54, 1.807) is 13.2 Å². The highest BCUT2D eigenvalue weighted by molar-refractivity contribution is 6.35. The fourth-order valence-corrected chi connectivity index (χ4v) is 4.91. The van der Waals surface area contributed by atoms with Crippen molar-refractivity contribution in [3.05, 3.63) is 93.7 Å². The summed E-state index contributed by atoms with van der Waals surface area (Å²) in [6.07, 6.45) is 0.438. The second kappa shape index (κ2) is 9.08. The minimum absolute atomic E-state index is 0.00854. The molecule has 0 saturated carbocycles. The van der Waals surface area contributed by atoms with Crippen molar-refractivity contribution >= 4 is 40.1 Å². The third-order valence-corrected chi connectivity index (χ3v) is 6.73. The molecule has 5 rings (SSSR count). The van der Waals surface area contributed by atoms with Gasteiger partial charge in [0.05, 0.1) is 24.7 Å². The quantitative estimate of drug-likeness (QED) is 0.345. The van der Waals surface area contributed by atoms with Gasteiger partial charge in [0.15, 0.2) is 0 Å². The van der Waals surface area contributed by atoms with Crippen LogP contribution in [0.25, 0.3) is 11.0 Å². The molecule has 0 radical (unpaired) electrons. The Morgan fingerprint density at radius 3 is 2.58 bits per heavy atom. The van der Waals surface area contributed by atoms with Crippen molar-refractivity contribution in [2.75, 3.05) is 13.7 Å². The zero-order valence-corrected chi connectivity index (χ0v) is 19.7. The van der Waals surface area contributed by atoms with Gasteiger partial charge in [-0.1, -0.05) is 53.5 Å². The average molecular weight is 480 g/mol. The molecule has 0 bridgehead atoms. The Bertz CT molecular complexity index is 1320. The van der Waals surface area contributed by atoms with Crippen LogP contribution < -0.4 is 4.74 Å². The molecule has 1 saturated heterocycles. The minimum atomic E-state index is 0.00854. The third kappa shape index (κ3) is 4.43. The molecule has 2 heterocycles. The number of ether oxygens (including phenoxy) is 1. The summed E-state index contributed by atoms with van der Waals surface area (Å²) in [7, 11) is 1.65. The Morgan fingerprint density at radius 2 is 1.82 bits per heavy atom. The van der Waals surface area contributed by atoms with Crippen molar-refractivity contribution in [1.29, 1.82) is 0 Å². The van der Waals surface area contributed by atoms with Gasteiger partial charge in [-0.25, -0.2) is 4.98 Å². The summed E-state index contributed by atoms with van der Waals surface area (Å²) >= 11 is 12.6. The molecule has 1 aromatic heterocycles. The van der Waals surface area contributed by atoms with Gasteiger partial charge in [0.2, 0.25) is 5.91 Å². The number of para-hydroxylation sites is 2. The molecule has 5 nitrogen and oxygen atoms in total. The lowest BCUT2D eigenvalue weighted by Crippen LogP contribution is -2.24. The fourth-order valence-electron chi connectivity index (χ4n) is 4.44. The number of benzene rings is 3. The van der Waals surface area contributed by atoms with Gasteiger partial charge in [-0.3, -0.25) is 4.79 Å². The number of hydrogen-bond donors (Lipinski definition) is 0. The maximum Gasteiger partial charge on any atom is 0.223 e. The molecule has 1 amide bonds. The molecule has 1 aliphatic rings. The van der Waals surface area contributed by atoms with Crippen LogP contribution in [0.5, 0.6) is 5.75 Å². The maximum absolute atomic E-state index is 12.9. The molecule has 0 spiro atoms. The zero-order valence-electron chi connectivity index (χ0n) is 18.2. The molecule has 3 aromatic carbocycles. The largest absolute Gasteiger partial charge is 0.497 e. The van der Waals surface area contributed by atoms with E-state index in [4.69, 9.17) is 32.9 Å². The van der Waals surface area contributed by atoms with E-state index >= 15 is 0 Å². The van der Waals surface area contributed by atoms with E-state index in [0.717, 1.165) is 33.7 Å². The smallest absolute Gasteiger partial charge is 0.223 e. The molecule has 168 valence electrons. The first-order valence-electron chi connectivity index (χ1n) is 10.8. The maximum atomic E-state index is 12.9. The van der Waals surface area contributed by atoms with Crippen LogP contribution in [0.3, 0.4) is 0 Å². The molecule has 1 fully saturated rings. The number of methoxy groups -OCH3 is 1. The van der Waals surface area contributed by atoms with Crippen molar-refractivity contribution in [1.82, 2.24) is 14.5 Å². The van der Waals surface area contributed by atoms with Gasteiger partial charge in [-0.2, -0.15) is 0 Å². The van der Waals surface area contributed by atoms with E-state index in [9.17, 15) is 4.79 Å². The SMILES string of the molecule is COc1ccc(CN2C[C@@H](c3nc4ccccc4n3Cc3ccc(Cl)cc3Cl)CC2=O)cc1. The lowest BCUT2D eigenvalue weighted by molar-refractivity contribution is -0.128. The summed E-state index contributed by atoms with van der Waals surface area (Å²) in [5.41, 5.74) is 3.98. The molecule has 4 aromatic rings. The summed E-state index contributed by atoms with van der Waals surface area (Å²) in [5.74, 6) is 1.86. The first kappa shape index (κ1) is 21.8. The van der Waals surface area contributed by atoms with Gasteiger partial charge in [0.25, 0.3) is 0 Å². The van der Waals surface area contributed by atoms with Crippen molar-refractivity contribution in [3.63, 3.8) is 0 Å². The van der Waals surface area contributed by atoms with Crippen LogP contribution in [0.15, 0.2) is 66.7 Å². The predicted octanol–water partition coefficient (Wildman–Crippen LogP) is 5.92. The molecule has 1 aliphatic heterocycles. The lowest BCUT2D eigenvalue weighted by Gasteiger charge is -2.18. The van der Waals surface area contributed by atoms with E-state index in [0.29, 0.717) is 36.1 Å². The number of rotatable bonds is 6. The molecule has 0 aliphatic carbocycles. The van der Waals surface area contributed by atoms with Crippen LogP contribution in [-0.2, 0) is 17.9 Å². The summed E-state index contributed by atoms with van der Waals surface area (Å²) < 4.78 is 7.41. The first-order chi connectivity index (χ1) is 16.0. The van der Waals surface area contributed by atoms with Crippen LogP contribution in [0.4, 0.5) is 0 Å². The van der Waals surface area contributed by atoms with Crippen LogP contribution >= 0.6 is 23.2 Å². The normalized spacial score (nSPS) is 16.0. The van der Waals surface area contributed by atoms with Gasteiger partial charge in [0.1, 0.15) is 11.6 Å². The number of imidazole rings is 1. The van der Waals surface area contributed by atoms with Gasteiger partial charge in [-0.05, 0) is 47.5 Å². The summed E-state index contributed by atoms with van der Waals surface area (Å²) in [6, 6.07) is 21.4. The number of hydrogen-bond acceptors (Lipinski definition) is 3. The minimum Gasteiger partial charge on any atom is -0.497 e. The Morgan fingerprint density at radius 1 is 1.03 bits per heavy atom. The number of carbonyl (C=O) groups excluding carboxylic acids is 1. The molecule has 0 unspecified atom stereocenters. The number of nitrogens with zero attached hydrogens (tertiary/aromatic N) is 3. The van der Waals surface area contributed by atoms with Gasteiger partial charge < -0.3 is 14.2 Å². The molecular weight excluding hydrogens is 457 g/mol. The zero-order chi connectivity index (χ0) is 22.9. The second-order valence-electron chi connectivity index (χ2n) is 8.30. The fraction of sp³-hybridized carbons (Fsp3) is 0.231. The average Bonchev–Trinajstić information content (AvgIpc) is 3.36.